The number of aryl methyl sites for hydroxylation is 1. The van der Waals surface area contributed by atoms with Gasteiger partial charge in [-0.3, -0.25) is 0 Å². The zero-order valence-electron chi connectivity index (χ0n) is 10.4. The summed E-state index contributed by atoms with van der Waals surface area (Å²) in [6.45, 7) is 2.20. The minimum absolute atomic E-state index is 0.311. The van der Waals surface area contributed by atoms with Crippen molar-refractivity contribution >= 4 is 6.09 Å². The summed E-state index contributed by atoms with van der Waals surface area (Å²) < 4.78 is 1.77. The molecule has 0 saturated carbocycles. The van der Waals surface area contributed by atoms with Crippen LogP contribution in [0.15, 0.2) is 36.4 Å². The fourth-order valence-corrected chi connectivity index (χ4v) is 1.77. The molecule has 5 heteroatoms. The lowest BCUT2D eigenvalue weighted by Gasteiger charge is -2.14. The first-order valence-corrected chi connectivity index (χ1v) is 5.63. The Hall–Kier alpha value is -2.30. The highest BCUT2D eigenvalue weighted by Crippen LogP contribution is 2.13. The highest BCUT2D eigenvalue weighted by atomic mass is 16.4. The van der Waals surface area contributed by atoms with Crippen LogP contribution in [-0.2, 0) is 6.54 Å². The Morgan fingerprint density at radius 3 is 2.67 bits per heavy atom. The van der Waals surface area contributed by atoms with Crippen LogP contribution in [0, 0.1) is 6.92 Å². The molecule has 1 N–H and O–H groups in total. The normalized spacial score (nSPS) is 10.3. The predicted octanol–water partition coefficient (Wildman–Crippen LogP) is 2.29. The van der Waals surface area contributed by atoms with Gasteiger partial charge in [0.05, 0.1) is 23.6 Å². The Kier molecular flexibility index (Phi) is 3.32. The van der Waals surface area contributed by atoms with Gasteiger partial charge in [0.15, 0.2) is 0 Å². The van der Waals surface area contributed by atoms with Gasteiger partial charge < -0.3 is 10.0 Å². The highest BCUT2D eigenvalue weighted by Gasteiger charge is 2.12. The summed E-state index contributed by atoms with van der Waals surface area (Å²) >= 11 is 0. The smallest absolute Gasteiger partial charge is 0.407 e. The lowest BCUT2D eigenvalue weighted by Crippen LogP contribution is -2.25. The maximum atomic E-state index is 10.9. The van der Waals surface area contributed by atoms with Crippen molar-refractivity contribution in [2.45, 2.75) is 13.5 Å². The zero-order chi connectivity index (χ0) is 13.1. The minimum atomic E-state index is -0.950. The molecule has 0 aliphatic carbocycles. The van der Waals surface area contributed by atoms with Gasteiger partial charge in [0.1, 0.15) is 0 Å². The maximum Gasteiger partial charge on any atom is 0.407 e. The van der Waals surface area contributed by atoms with Gasteiger partial charge in [-0.25, -0.2) is 9.48 Å². The Bertz CT molecular complexity index is 549. The van der Waals surface area contributed by atoms with Crippen LogP contribution in [0.4, 0.5) is 4.79 Å². The number of benzene rings is 1. The van der Waals surface area contributed by atoms with E-state index in [1.54, 1.807) is 11.7 Å². The number of hydrogen-bond acceptors (Lipinski definition) is 2. The van der Waals surface area contributed by atoms with E-state index < -0.39 is 6.09 Å². The predicted molar refractivity (Wildman–Crippen MR) is 67.8 cm³/mol. The third kappa shape index (κ3) is 2.51. The molecule has 0 fully saturated rings. The van der Waals surface area contributed by atoms with Gasteiger partial charge in [0.25, 0.3) is 0 Å². The van der Waals surface area contributed by atoms with E-state index >= 15 is 0 Å². The average Bonchev–Trinajstić information content (AvgIpc) is 2.71. The number of rotatable bonds is 3. The minimum Gasteiger partial charge on any atom is -0.465 e. The summed E-state index contributed by atoms with van der Waals surface area (Å²) in [5.41, 5.74) is 2.65. The summed E-state index contributed by atoms with van der Waals surface area (Å²) in [5.74, 6) is 0. The molecule has 0 unspecified atom stereocenters. The molecule has 0 bridgehead atoms. The largest absolute Gasteiger partial charge is 0.465 e. The molecule has 2 rings (SSSR count). The molecule has 1 heterocycles. The zero-order valence-corrected chi connectivity index (χ0v) is 10.4. The lowest BCUT2D eigenvalue weighted by molar-refractivity contribution is 0.153. The van der Waals surface area contributed by atoms with E-state index in [-0.39, 0.29) is 0 Å². The van der Waals surface area contributed by atoms with Crippen molar-refractivity contribution in [3.63, 3.8) is 0 Å². The van der Waals surface area contributed by atoms with E-state index in [4.69, 9.17) is 5.11 Å². The SMILES string of the molecule is Cc1cc(CN(C)C(=O)O)n(-c2ccccc2)n1. The Morgan fingerprint density at radius 1 is 1.39 bits per heavy atom. The fraction of sp³-hybridized carbons (Fsp3) is 0.231. The summed E-state index contributed by atoms with van der Waals surface area (Å²) in [7, 11) is 1.54. The van der Waals surface area contributed by atoms with Gasteiger partial charge in [-0.2, -0.15) is 5.10 Å². The van der Waals surface area contributed by atoms with Gasteiger partial charge in [-0.15, -0.1) is 0 Å². The van der Waals surface area contributed by atoms with Crippen molar-refractivity contribution in [3.05, 3.63) is 47.8 Å². The maximum absolute atomic E-state index is 10.9. The van der Waals surface area contributed by atoms with E-state index in [0.717, 1.165) is 17.1 Å². The second-order valence-corrected chi connectivity index (χ2v) is 4.16. The molecule has 2 aromatic rings. The number of carbonyl (C=O) groups is 1. The molecule has 18 heavy (non-hydrogen) atoms. The van der Waals surface area contributed by atoms with E-state index in [1.165, 1.54) is 4.90 Å². The molecule has 0 atom stereocenters. The van der Waals surface area contributed by atoms with Gasteiger partial charge in [-0.05, 0) is 25.1 Å². The average molecular weight is 245 g/mol. The van der Waals surface area contributed by atoms with E-state index in [1.807, 2.05) is 43.3 Å². The molecule has 0 aliphatic heterocycles. The molecule has 0 saturated heterocycles. The number of aromatic nitrogens is 2. The quantitative estimate of drug-likeness (QED) is 0.902. The van der Waals surface area contributed by atoms with Crippen LogP contribution in [0.3, 0.4) is 0 Å². The number of carboxylic acid groups (broad SMARTS) is 1. The molecule has 0 radical (unpaired) electrons. The topological polar surface area (TPSA) is 58.4 Å². The summed E-state index contributed by atoms with van der Waals surface area (Å²) in [6.07, 6.45) is -0.950. The van der Waals surface area contributed by atoms with Gasteiger partial charge in [0, 0.05) is 7.05 Å². The standard InChI is InChI=1S/C13H15N3O2/c1-10-8-12(9-15(2)13(17)18)16(14-10)11-6-4-3-5-7-11/h3-8H,9H2,1-2H3,(H,17,18). The van der Waals surface area contributed by atoms with E-state index in [9.17, 15) is 4.79 Å². The number of para-hydroxylation sites is 1. The van der Waals surface area contributed by atoms with E-state index in [0.29, 0.717) is 6.54 Å². The van der Waals surface area contributed by atoms with Crippen LogP contribution in [0.2, 0.25) is 0 Å². The van der Waals surface area contributed by atoms with Crippen LogP contribution in [0.25, 0.3) is 5.69 Å². The molecule has 1 amide bonds. The van der Waals surface area contributed by atoms with Crippen molar-refractivity contribution in [1.82, 2.24) is 14.7 Å². The number of hydrogen-bond donors (Lipinski definition) is 1. The van der Waals surface area contributed by atoms with Crippen molar-refractivity contribution in [2.75, 3.05) is 7.05 Å². The van der Waals surface area contributed by atoms with Crippen molar-refractivity contribution in [3.8, 4) is 5.69 Å². The first-order chi connectivity index (χ1) is 8.58. The molecule has 0 spiro atoms. The van der Waals surface area contributed by atoms with Crippen LogP contribution >= 0.6 is 0 Å². The number of nitrogens with zero attached hydrogens (tertiary/aromatic N) is 3. The second kappa shape index (κ2) is 4.91. The third-order valence-electron chi connectivity index (χ3n) is 2.63. The van der Waals surface area contributed by atoms with Crippen molar-refractivity contribution in [2.24, 2.45) is 0 Å². The molecule has 94 valence electrons. The monoisotopic (exact) mass is 245 g/mol. The second-order valence-electron chi connectivity index (χ2n) is 4.16. The molecule has 5 nitrogen and oxygen atoms in total. The molecule has 0 aliphatic rings. The first-order valence-electron chi connectivity index (χ1n) is 5.63. The van der Waals surface area contributed by atoms with Crippen molar-refractivity contribution < 1.29 is 9.90 Å². The number of amides is 1. The van der Waals surface area contributed by atoms with Crippen molar-refractivity contribution in [1.29, 1.82) is 0 Å². The molecular weight excluding hydrogens is 230 g/mol. The van der Waals surface area contributed by atoms with E-state index in [2.05, 4.69) is 5.10 Å². The van der Waals surface area contributed by atoms with Crippen LogP contribution in [-0.4, -0.2) is 32.9 Å². The van der Waals surface area contributed by atoms with Crippen LogP contribution in [0.5, 0.6) is 0 Å². The third-order valence-corrected chi connectivity index (χ3v) is 2.63. The molecule has 1 aromatic carbocycles. The van der Waals surface area contributed by atoms with Gasteiger partial charge in [-0.1, -0.05) is 18.2 Å². The van der Waals surface area contributed by atoms with Crippen LogP contribution < -0.4 is 0 Å². The molecular formula is C13H15N3O2. The van der Waals surface area contributed by atoms with Gasteiger partial charge in [0.2, 0.25) is 0 Å². The Morgan fingerprint density at radius 2 is 2.06 bits per heavy atom. The Balaban J connectivity index is 2.34. The summed E-state index contributed by atoms with van der Waals surface area (Å²) in [5, 5.41) is 13.3. The fourth-order valence-electron chi connectivity index (χ4n) is 1.77. The lowest BCUT2D eigenvalue weighted by atomic mass is 10.3. The van der Waals surface area contributed by atoms with Gasteiger partial charge >= 0.3 is 6.09 Å². The Labute approximate surface area is 105 Å². The first kappa shape index (κ1) is 12.2. The highest BCUT2D eigenvalue weighted by molar-refractivity contribution is 5.64. The molecule has 1 aromatic heterocycles. The summed E-state index contributed by atoms with van der Waals surface area (Å²) in [4.78, 5) is 12.1. The van der Waals surface area contributed by atoms with Crippen LogP contribution in [0.1, 0.15) is 11.4 Å². The summed E-state index contributed by atoms with van der Waals surface area (Å²) in [6, 6.07) is 11.6.